The topological polar surface area (TPSA) is 12.0 Å². The number of aryl methyl sites for hydroxylation is 2. The number of rotatable bonds is 3. The zero-order chi connectivity index (χ0) is 13.1. The normalized spacial score (nSPS) is 26.0. The Morgan fingerprint density at radius 2 is 1.89 bits per heavy atom. The van der Waals surface area contributed by atoms with Crippen LogP contribution in [0.1, 0.15) is 29.7 Å². The third-order valence-corrected chi connectivity index (χ3v) is 6.96. The lowest BCUT2D eigenvalue weighted by Crippen LogP contribution is -2.36. The lowest BCUT2D eigenvalue weighted by atomic mass is 9.98. The summed E-state index contributed by atoms with van der Waals surface area (Å²) in [6.07, 6.45) is 0. The zero-order valence-corrected chi connectivity index (χ0v) is 13.3. The van der Waals surface area contributed by atoms with Gasteiger partial charge in [0.1, 0.15) is 0 Å². The van der Waals surface area contributed by atoms with Gasteiger partial charge in [0.15, 0.2) is 0 Å². The van der Waals surface area contributed by atoms with Crippen LogP contribution in [-0.4, -0.2) is 29.1 Å². The third-order valence-electron chi connectivity index (χ3n) is 3.77. The van der Waals surface area contributed by atoms with Crippen molar-refractivity contribution in [1.82, 2.24) is 5.32 Å². The Balaban J connectivity index is 2.23. The van der Waals surface area contributed by atoms with E-state index in [9.17, 15) is 0 Å². The molecule has 100 valence electrons. The summed E-state index contributed by atoms with van der Waals surface area (Å²) in [5.74, 6) is 2.58. The molecule has 1 aliphatic heterocycles. The van der Waals surface area contributed by atoms with E-state index in [1.807, 2.05) is 0 Å². The quantitative estimate of drug-likeness (QED) is 0.905. The highest BCUT2D eigenvalue weighted by molar-refractivity contribution is 8.07. The van der Waals surface area contributed by atoms with Crippen LogP contribution in [0.2, 0.25) is 0 Å². The smallest absolute Gasteiger partial charge is 0.0448 e. The summed E-state index contributed by atoms with van der Waals surface area (Å²) < 4.78 is 0. The van der Waals surface area contributed by atoms with Gasteiger partial charge in [0.05, 0.1) is 0 Å². The molecule has 1 saturated heterocycles. The second-order valence-electron chi connectivity index (χ2n) is 5.02. The Labute approximate surface area is 120 Å². The first-order valence-corrected chi connectivity index (χ1v) is 8.71. The van der Waals surface area contributed by atoms with Gasteiger partial charge in [-0.1, -0.05) is 25.1 Å². The Bertz CT molecular complexity index is 405. The molecule has 1 aromatic carbocycles. The molecule has 1 N–H and O–H groups in total. The van der Waals surface area contributed by atoms with E-state index in [4.69, 9.17) is 0 Å². The third kappa shape index (κ3) is 3.06. The summed E-state index contributed by atoms with van der Waals surface area (Å²) in [6, 6.07) is 7.36. The average molecular weight is 281 g/mol. The molecule has 3 unspecified atom stereocenters. The number of hydrogen-bond donors (Lipinski definition) is 1. The van der Waals surface area contributed by atoms with Crippen LogP contribution in [0.4, 0.5) is 0 Å². The van der Waals surface area contributed by atoms with Gasteiger partial charge in [0.2, 0.25) is 0 Å². The molecular formula is C15H23NS2. The van der Waals surface area contributed by atoms with Gasteiger partial charge < -0.3 is 5.32 Å². The van der Waals surface area contributed by atoms with Gasteiger partial charge in [-0.3, -0.25) is 0 Å². The van der Waals surface area contributed by atoms with Crippen molar-refractivity contribution in [3.8, 4) is 0 Å². The summed E-state index contributed by atoms with van der Waals surface area (Å²) in [5, 5.41) is 4.93. The minimum Gasteiger partial charge on any atom is -0.312 e. The van der Waals surface area contributed by atoms with E-state index in [0.29, 0.717) is 11.3 Å². The van der Waals surface area contributed by atoms with Gasteiger partial charge in [-0.05, 0) is 37.6 Å². The predicted molar refractivity (Wildman–Crippen MR) is 85.9 cm³/mol. The van der Waals surface area contributed by atoms with E-state index in [1.165, 1.54) is 28.2 Å². The molecule has 1 nitrogen and oxygen atoms in total. The average Bonchev–Trinajstić information content (AvgIpc) is 2.37. The summed E-state index contributed by atoms with van der Waals surface area (Å²) in [4.78, 5) is 0. The molecule has 3 heteroatoms. The molecule has 18 heavy (non-hydrogen) atoms. The molecular weight excluding hydrogens is 258 g/mol. The van der Waals surface area contributed by atoms with Gasteiger partial charge in [0.25, 0.3) is 0 Å². The van der Waals surface area contributed by atoms with Crippen molar-refractivity contribution in [2.24, 2.45) is 0 Å². The van der Waals surface area contributed by atoms with Gasteiger partial charge in [-0.25, -0.2) is 0 Å². The molecule has 0 spiro atoms. The van der Waals surface area contributed by atoms with E-state index < -0.39 is 0 Å². The van der Waals surface area contributed by atoms with Crippen molar-refractivity contribution < 1.29 is 0 Å². The van der Waals surface area contributed by atoms with E-state index in [0.717, 1.165) is 5.25 Å². The van der Waals surface area contributed by atoms with Crippen LogP contribution in [0.25, 0.3) is 0 Å². The highest BCUT2D eigenvalue weighted by atomic mass is 32.2. The van der Waals surface area contributed by atoms with Crippen LogP contribution in [-0.2, 0) is 0 Å². The lowest BCUT2D eigenvalue weighted by molar-refractivity contribution is 0.560. The number of benzene rings is 1. The maximum atomic E-state index is 3.53. The molecule has 0 saturated carbocycles. The van der Waals surface area contributed by atoms with Crippen LogP contribution < -0.4 is 5.32 Å². The van der Waals surface area contributed by atoms with Crippen molar-refractivity contribution >= 4 is 23.5 Å². The molecule has 0 amide bonds. The fraction of sp³-hybridized carbons (Fsp3) is 0.600. The Morgan fingerprint density at radius 1 is 1.17 bits per heavy atom. The van der Waals surface area contributed by atoms with Crippen LogP contribution in [0.5, 0.6) is 0 Å². The minimum atomic E-state index is 0.470. The van der Waals surface area contributed by atoms with Gasteiger partial charge in [0, 0.05) is 28.0 Å². The molecule has 0 radical (unpaired) electrons. The summed E-state index contributed by atoms with van der Waals surface area (Å²) in [7, 11) is 2.09. The Kier molecular flexibility index (Phi) is 5.05. The molecule has 1 aliphatic rings. The van der Waals surface area contributed by atoms with Crippen molar-refractivity contribution in [2.75, 3.05) is 18.6 Å². The van der Waals surface area contributed by atoms with Crippen LogP contribution in [0.15, 0.2) is 18.2 Å². The lowest BCUT2D eigenvalue weighted by Gasteiger charge is -2.34. The van der Waals surface area contributed by atoms with Crippen LogP contribution in [0, 0.1) is 13.8 Å². The first-order valence-electron chi connectivity index (χ1n) is 6.61. The second kappa shape index (κ2) is 6.36. The summed E-state index contributed by atoms with van der Waals surface area (Å²) >= 11 is 4.24. The van der Waals surface area contributed by atoms with Gasteiger partial charge in [-0.2, -0.15) is 23.5 Å². The molecule has 0 aromatic heterocycles. The van der Waals surface area contributed by atoms with Crippen molar-refractivity contribution in [3.63, 3.8) is 0 Å². The van der Waals surface area contributed by atoms with Crippen molar-refractivity contribution in [3.05, 3.63) is 34.9 Å². The second-order valence-corrected chi connectivity index (χ2v) is 7.79. The first-order chi connectivity index (χ1) is 8.63. The maximum absolute atomic E-state index is 3.53. The largest absolute Gasteiger partial charge is 0.312 e. The maximum Gasteiger partial charge on any atom is 0.0448 e. The van der Waals surface area contributed by atoms with E-state index in [1.54, 1.807) is 0 Å². The van der Waals surface area contributed by atoms with E-state index in [2.05, 4.69) is 74.9 Å². The molecule has 1 fully saturated rings. The molecule has 0 aliphatic carbocycles. The standard InChI is InChI=1S/C15H23NS2/c1-10-5-6-13(9-11(10)2)14(16-4)15-12(3)17-7-8-18-15/h5-6,9,12,14-16H,7-8H2,1-4H3. The fourth-order valence-electron chi connectivity index (χ4n) is 2.49. The number of nitrogens with one attached hydrogen (secondary N) is 1. The molecule has 3 atom stereocenters. The summed E-state index contributed by atoms with van der Waals surface area (Å²) in [6.45, 7) is 6.76. The highest BCUT2D eigenvalue weighted by Gasteiger charge is 2.30. The number of thioether (sulfide) groups is 2. The van der Waals surface area contributed by atoms with Crippen LogP contribution >= 0.6 is 23.5 Å². The molecule has 1 aromatic rings. The summed E-state index contributed by atoms with van der Waals surface area (Å²) in [5.41, 5.74) is 4.22. The fourth-order valence-corrected chi connectivity index (χ4v) is 5.48. The SMILES string of the molecule is CNC(c1ccc(C)c(C)c1)C1SCCSC1C. The predicted octanol–water partition coefficient (Wildman–Crippen LogP) is 3.80. The van der Waals surface area contributed by atoms with E-state index in [-0.39, 0.29) is 0 Å². The Hall–Kier alpha value is -0.120. The molecule has 0 bridgehead atoms. The minimum absolute atomic E-state index is 0.470. The molecule has 1 heterocycles. The molecule has 2 rings (SSSR count). The number of hydrogen-bond acceptors (Lipinski definition) is 3. The zero-order valence-electron chi connectivity index (χ0n) is 11.7. The van der Waals surface area contributed by atoms with Crippen LogP contribution in [0.3, 0.4) is 0 Å². The Morgan fingerprint density at radius 3 is 2.50 bits per heavy atom. The first kappa shape index (κ1) is 14.3. The highest BCUT2D eigenvalue weighted by Crippen LogP contribution is 2.38. The monoisotopic (exact) mass is 281 g/mol. The van der Waals surface area contributed by atoms with Crippen molar-refractivity contribution in [2.45, 2.75) is 37.3 Å². The van der Waals surface area contributed by atoms with Gasteiger partial charge in [-0.15, -0.1) is 0 Å². The van der Waals surface area contributed by atoms with Gasteiger partial charge >= 0.3 is 0 Å². The van der Waals surface area contributed by atoms with E-state index >= 15 is 0 Å². The van der Waals surface area contributed by atoms with Crippen molar-refractivity contribution in [1.29, 1.82) is 0 Å².